The highest BCUT2D eigenvalue weighted by Crippen LogP contribution is 2.35. The minimum Gasteiger partial charge on any atom is -0.465 e. The molecule has 2 aromatic rings. The molecule has 1 saturated heterocycles. The number of aliphatic hydroxyl groups is 1. The largest absolute Gasteiger partial charge is 0.465 e. The number of hydrogen-bond donors (Lipinski definition) is 1. The zero-order chi connectivity index (χ0) is 16.3. The van der Waals surface area contributed by atoms with Crippen molar-refractivity contribution in [1.82, 2.24) is 4.90 Å². The Labute approximate surface area is 142 Å². The molecule has 4 heteroatoms. The van der Waals surface area contributed by atoms with Gasteiger partial charge in [-0.1, -0.05) is 23.7 Å². The lowest BCUT2D eigenvalue weighted by Gasteiger charge is -2.40. The summed E-state index contributed by atoms with van der Waals surface area (Å²) >= 11 is 5.96. The molecule has 1 aromatic carbocycles. The van der Waals surface area contributed by atoms with Crippen LogP contribution in [-0.4, -0.2) is 29.7 Å². The fourth-order valence-corrected chi connectivity index (χ4v) is 3.53. The van der Waals surface area contributed by atoms with Gasteiger partial charge in [0.2, 0.25) is 0 Å². The van der Waals surface area contributed by atoms with Crippen molar-refractivity contribution < 1.29 is 9.52 Å². The molecule has 0 spiro atoms. The Morgan fingerprint density at radius 2 is 1.83 bits per heavy atom. The summed E-state index contributed by atoms with van der Waals surface area (Å²) in [6.07, 6.45) is 2.92. The number of rotatable bonds is 5. The summed E-state index contributed by atoms with van der Waals surface area (Å²) in [5, 5.41) is 10.7. The van der Waals surface area contributed by atoms with E-state index in [9.17, 15) is 5.11 Å². The lowest BCUT2D eigenvalue weighted by Crippen LogP contribution is -2.42. The third-order valence-corrected chi connectivity index (χ3v) is 5.17. The highest BCUT2D eigenvalue weighted by Gasteiger charge is 2.34. The minimum atomic E-state index is -0.0105. The van der Waals surface area contributed by atoms with Gasteiger partial charge in [-0.15, -0.1) is 0 Å². The number of benzene rings is 1. The summed E-state index contributed by atoms with van der Waals surface area (Å²) in [5.74, 6) is 1.99. The molecule has 1 aromatic heterocycles. The average molecular weight is 334 g/mol. The van der Waals surface area contributed by atoms with Crippen molar-refractivity contribution in [2.24, 2.45) is 5.41 Å². The van der Waals surface area contributed by atoms with Crippen LogP contribution >= 0.6 is 11.6 Å². The van der Waals surface area contributed by atoms with E-state index in [0.717, 1.165) is 55.4 Å². The molecule has 0 bridgehead atoms. The number of nitrogens with zero attached hydrogens (tertiary/aromatic N) is 1. The SMILES string of the molecule is Cc1ccc(CN2CCC(CO)(Cc3ccc(Cl)cc3)CC2)o1. The second-order valence-corrected chi connectivity index (χ2v) is 7.19. The molecule has 3 rings (SSSR count). The van der Waals surface area contributed by atoms with Crippen LogP contribution in [0.4, 0.5) is 0 Å². The van der Waals surface area contributed by atoms with Crippen molar-refractivity contribution in [3.05, 3.63) is 58.5 Å². The van der Waals surface area contributed by atoms with E-state index in [1.54, 1.807) is 0 Å². The van der Waals surface area contributed by atoms with Crippen LogP contribution in [0.25, 0.3) is 0 Å². The topological polar surface area (TPSA) is 36.6 Å². The molecule has 3 nitrogen and oxygen atoms in total. The fraction of sp³-hybridized carbons (Fsp3) is 0.474. The lowest BCUT2D eigenvalue weighted by atomic mass is 9.74. The van der Waals surface area contributed by atoms with Crippen molar-refractivity contribution in [3.8, 4) is 0 Å². The zero-order valence-electron chi connectivity index (χ0n) is 13.6. The van der Waals surface area contributed by atoms with Gasteiger partial charge in [-0.05, 0) is 74.5 Å². The van der Waals surface area contributed by atoms with Crippen LogP contribution in [0.5, 0.6) is 0 Å². The quantitative estimate of drug-likeness (QED) is 0.896. The molecule has 0 saturated carbocycles. The number of aryl methyl sites for hydroxylation is 1. The normalized spacial score (nSPS) is 18.2. The molecule has 23 heavy (non-hydrogen) atoms. The van der Waals surface area contributed by atoms with Crippen LogP contribution in [-0.2, 0) is 13.0 Å². The van der Waals surface area contributed by atoms with Crippen LogP contribution in [0.1, 0.15) is 29.9 Å². The zero-order valence-corrected chi connectivity index (χ0v) is 14.4. The molecule has 0 amide bonds. The Balaban J connectivity index is 1.59. The highest BCUT2D eigenvalue weighted by atomic mass is 35.5. The molecule has 1 aliphatic rings. The third kappa shape index (κ3) is 4.17. The van der Waals surface area contributed by atoms with E-state index >= 15 is 0 Å². The van der Waals surface area contributed by atoms with Crippen molar-refractivity contribution in [2.45, 2.75) is 32.7 Å². The monoisotopic (exact) mass is 333 g/mol. The number of likely N-dealkylation sites (tertiary alicyclic amines) is 1. The summed E-state index contributed by atoms with van der Waals surface area (Å²) in [6, 6.07) is 12.1. The Morgan fingerprint density at radius 1 is 1.13 bits per heavy atom. The van der Waals surface area contributed by atoms with E-state index in [4.69, 9.17) is 16.0 Å². The summed E-state index contributed by atoms with van der Waals surface area (Å²) in [7, 11) is 0. The lowest BCUT2D eigenvalue weighted by molar-refractivity contribution is 0.0390. The molecule has 0 aliphatic carbocycles. The highest BCUT2D eigenvalue weighted by molar-refractivity contribution is 6.30. The van der Waals surface area contributed by atoms with Crippen LogP contribution in [0.3, 0.4) is 0 Å². The second-order valence-electron chi connectivity index (χ2n) is 6.75. The molecule has 1 fully saturated rings. The van der Waals surface area contributed by atoms with Crippen LogP contribution in [0.15, 0.2) is 40.8 Å². The second kappa shape index (κ2) is 7.08. The molecule has 0 radical (unpaired) electrons. The van der Waals surface area contributed by atoms with Crippen molar-refractivity contribution in [2.75, 3.05) is 19.7 Å². The molecule has 0 atom stereocenters. The van der Waals surface area contributed by atoms with Gasteiger partial charge in [0.05, 0.1) is 6.54 Å². The van der Waals surface area contributed by atoms with E-state index in [2.05, 4.69) is 23.1 Å². The first-order valence-electron chi connectivity index (χ1n) is 8.22. The standard InChI is InChI=1S/C19H24ClNO2/c1-15-2-7-18(23-15)13-21-10-8-19(14-22,9-11-21)12-16-3-5-17(20)6-4-16/h2-7,22H,8-14H2,1H3. The number of halogens is 1. The van der Waals surface area contributed by atoms with E-state index < -0.39 is 0 Å². The van der Waals surface area contributed by atoms with Gasteiger partial charge in [0.1, 0.15) is 11.5 Å². The van der Waals surface area contributed by atoms with Gasteiger partial charge in [-0.3, -0.25) is 4.90 Å². The van der Waals surface area contributed by atoms with Crippen molar-refractivity contribution in [3.63, 3.8) is 0 Å². The minimum absolute atomic E-state index is 0.0105. The predicted molar refractivity (Wildman–Crippen MR) is 92.6 cm³/mol. The van der Waals surface area contributed by atoms with Gasteiger partial charge < -0.3 is 9.52 Å². The summed E-state index contributed by atoms with van der Waals surface area (Å²) in [5.41, 5.74) is 1.24. The van der Waals surface area contributed by atoms with E-state index in [1.165, 1.54) is 5.56 Å². The van der Waals surface area contributed by atoms with E-state index in [-0.39, 0.29) is 12.0 Å². The number of aliphatic hydroxyl groups excluding tert-OH is 1. The van der Waals surface area contributed by atoms with E-state index in [0.29, 0.717) is 0 Å². The maximum atomic E-state index is 9.97. The molecular formula is C19H24ClNO2. The Hall–Kier alpha value is -1.29. The average Bonchev–Trinajstić information content (AvgIpc) is 2.97. The summed E-state index contributed by atoms with van der Waals surface area (Å²) < 4.78 is 5.67. The van der Waals surface area contributed by atoms with Crippen molar-refractivity contribution in [1.29, 1.82) is 0 Å². The molecule has 124 valence electrons. The van der Waals surface area contributed by atoms with Gasteiger partial charge in [0.15, 0.2) is 0 Å². The first-order valence-corrected chi connectivity index (χ1v) is 8.59. The van der Waals surface area contributed by atoms with Gasteiger partial charge in [-0.25, -0.2) is 0 Å². The molecular weight excluding hydrogens is 310 g/mol. The Morgan fingerprint density at radius 3 is 2.39 bits per heavy atom. The Kier molecular flexibility index (Phi) is 5.10. The maximum absolute atomic E-state index is 9.97. The fourth-order valence-electron chi connectivity index (χ4n) is 3.40. The van der Waals surface area contributed by atoms with Crippen LogP contribution < -0.4 is 0 Å². The maximum Gasteiger partial charge on any atom is 0.118 e. The number of furan rings is 1. The molecule has 2 heterocycles. The van der Waals surface area contributed by atoms with Gasteiger partial charge >= 0.3 is 0 Å². The smallest absolute Gasteiger partial charge is 0.118 e. The Bertz CT molecular complexity index is 627. The first-order chi connectivity index (χ1) is 11.1. The number of piperidine rings is 1. The van der Waals surface area contributed by atoms with Crippen LogP contribution in [0.2, 0.25) is 5.02 Å². The number of hydrogen-bond acceptors (Lipinski definition) is 3. The third-order valence-electron chi connectivity index (χ3n) is 4.92. The molecule has 1 N–H and O–H groups in total. The predicted octanol–water partition coefficient (Wildman–Crippen LogP) is 4.06. The molecule has 1 aliphatic heterocycles. The summed E-state index contributed by atoms with van der Waals surface area (Å²) in [4.78, 5) is 2.41. The molecule has 0 unspecified atom stereocenters. The van der Waals surface area contributed by atoms with E-state index in [1.807, 2.05) is 25.1 Å². The van der Waals surface area contributed by atoms with Gasteiger partial charge in [0.25, 0.3) is 0 Å². The first kappa shape index (κ1) is 16.6. The van der Waals surface area contributed by atoms with Gasteiger partial charge in [-0.2, -0.15) is 0 Å². The summed E-state index contributed by atoms with van der Waals surface area (Å²) in [6.45, 7) is 5.06. The van der Waals surface area contributed by atoms with Crippen LogP contribution in [0, 0.1) is 12.3 Å². The van der Waals surface area contributed by atoms with Crippen molar-refractivity contribution >= 4 is 11.6 Å². The van der Waals surface area contributed by atoms with Gasteiger partial charge in [0, 0.05) is 11.6 Å².